The van der Waals surface area contributed by atoms with Crippen LogP contribution in [0.5, 0.6) is 0 Å². The molecule has 4 unspecified atom stereocenters. The minimum absolute atomic E-state index is 0.0765. The first kappa shape index (κ1) is 35.8. The third-order valence-corrected chi connectivity index (χ3v) is 13.3. The molecule has 11 rings (SSSR count). The lowest BCUT2D eigenvalue weighted by molar-refractivity contribution is 0.440. The Labute approximate surface area is 353 Å². The van der Waals surface area contributed by atoms with Crippen molar-refractivity contribution in [1.29, 1.82) is 0 Å². The maximum Gasteiger partial charge on any atom is 0.0563 e. The first-order valence-corrected chi connectivity index (χ1v) is 21.1. The van der Waals surface area contributed by atoms with E-state index in [1.165, 1.54) is 55.5 Å². The number of terminal acetylenes is 1. The number of allylic oxidation sites excluding steroid dienone is 7. The second-order valence-corrected chi connectivity index (χ2v) is 16.2. The molecule has 0 amide bonds. The first-order chi connectivity index (χ1) is 29.7. The van der Waals surface area contributed by atoms with Crippen molar-refractivity contribution in [2.45, 2.75) is 30.7 Å². The van der Waals surface area contributed by atoms with E-state index in [1.54, 1.807) is 0 Å². The minimum Gasteiger partial charge on any atom is -0.334 e. The molecule has 0 saturated carbocycles. The zero-order chi connectivity index (χ0) is 40.2. The molecule has 0 N–H and O–H groups in total. The zero-order valence-electron chi connectivity index (χ0n) is 33.6. The molecule has 286 valence electrons. The van der Waals surface area contributed by atoms with Gasteiger partial charge in [0.15, 0.2) is 0 Å². The van der Waals surface area contributed by atoms with E-state index in [2.05, 4.69) is 229 Å². The van der Waals surface area contributed by atoms with Crippen molar-refractivity contribution in [1.82, 2.24) is 0 Å². The molecule has 60 heavy (non-hydrogen) atoms. The number of nitrogens with zero attached hydrogens (tertiary/aromatic N) is 2. The van der Waals surface area contributed by atoms with E-state index >= 15 is 0 Å². The van der Waals surface area contributed by atoms with Gasteiger partial charge in [-0.1, -0.05) is 164 Å². The summed E-state index contributed by atoms with van der Waals surface area (Å²) in [7, 11) is 0. The Morgan fingerprint density at radius 2 is 1.37 bits per heavy atom. The minimum atomic E-state index is -0.386. The summed E-state index contributed by atoms with van der Waals surface area (Å²) < 4.78 is 0. The number of anilines is 5. The molecule has 4 atom stereocenters. The van der Waals surface area contributed by atoms with Crippen LogP contribution < -0.4 is 9.80 Å². The van der Waals surface area contributed by atoms with Gasteiger partial charge in [0.1, 0.15) is 0 Å². The molecule has 4 aliphatic carbocycles. The first-order valence-electron chi connectivity index (χ1n) is 21.1. The summed E-state index contributed by atoms with van der Waals surface area (Å²) in [6, 6.07) is 60.1. The van der Waals surface area contributed by atoms with Gasteiger partial charge in [0.2, 0.25) is 0 Å². The molecule has 0 radical (unpaired) electrons. The Morgan fingerprint density at radius 1 is 0.650 bits per heavy atom. The number of benzene rings is 7. The molecule has 0 bridgehead atoms. The van der Waals surface area contributed by atoms with E-state index in [9.17, 15) is 0 Å². The fourth-order valence-electron chi connectivity index (χ4n) is 11.0. The fourth-order valence-corrected chi connectivity index (χ4v) is 11.0. The van der Waals surface area contributed by atoms with E-state index in [0.29, 0.717) is 0 Å². The third-order valence-electron chi connectivity index (χ3n) is 13.3. The maximum atomic E-state index is 6.16. The quantitative estimate of drug-likeness (QED) is 0.149. The Bertz CT molecular complexity index is 3010. The Hall–Kier alpha value is -7.34. The average Bonchev–Trinajstić information content (AvgIpc) is 3.77. The van der Waals surface area contributed by atoms with Crippen LogP contribution in [0.25, 0.3) is 22.4 Å². The van der Waals surface area contributed by atoms with Gasteiger partial charge in [-0.15, -0.1) is 6.42 Å². The van der Waals surface area contributed by atoms with E-state index in [0.717, 1.165) is 34.6 Å². The van der Waals surface area contributed by atoms with Crippen LogP contribution in [0, 0.1) is 18.3 Å². The predicted octanol–water partition coefficient (Wildman–Crippen LogP) is 14.4. The molecule has 2 nitrogen and oxygen atoms in total. The van der Waals surface area contributed by atoms with Gasteiger partial charge in [-0.2, -0.15) is 0 Å². The van der Waals surface area contributed by atoms with Crippen LogP contribution in [0.1, 0.15) is 52.6 Å². The lowest BCUT2D eigenvalue weighted by Gasteiger charge is -2.42. The van der Waals surface area contributed by atoms with Crippen LogP contribution in [0.15, 0.2) is 212 Å². The summed E-state index contributed by atoms with van der Waals surface area (Å²) >= 11 is 0. The van der Waals surface area contributed by atoms with Gasteiger partial charge in [-0.25, -0.2) is 0 Å². The maximum absolute atomic E-state index is 6.16. The Morgan fingerprint density at radius 3 is 2.20 bits per heavy atom. The lowest BCUT2D eigenvalue weighted by Crippen LogP contribution is -2.39. The van der Waals surface area contributed by atoms with Crippen LogP contribution >= 0.6 is 0 Å². The summed E-state index contributed by atoms with van der Waals surface area (Å²) in [5, 5.41) is 2.50. The standard InChI is InChI=1S/C58H44N2/c1-3-19-46-40(4-2)21-17-32-56(46)59(42-23-7-5-8-24-42)44-34-36-50-51-37-35-45(60(43-25-9-6-10-26-43)57-33-18-22-41-20-11-12-27-47(41)57)39-55(51)58(54(50)38-44)52-30-15-13-28-48(52)49-29-14-16-31-53(49)58/h2-3,5-38,45,48,52H,39H2,1H3/b19-3-. The van der Waals surface area contributed by atoms with Gasteiger partial charge in [0, 0.05) is 51.1 Å². The van der Waals surface area contributed by atoms with E-state index in [4.69, 9.17) is 6.42 Å². The predicted molar refractivity (Wildman–Crippen MR) is 252 cm³/mol. The highest BCUT2D eigenvalue weighted by Crippen LogP contribution is 2.66. The van der Waals surface area contributed by atoms with Crippen molar-refractivity contribution in [3.63, 3.8) is 0 Å². The molecule has 4 aliphatic rings. The highest BCUT2D eigenvalue weighted by atomic mass is 15.2. The van der Waals surface area contributed by atoms with Crippen molar-refractivity contribution >= 4 is 50.9 Å². The van der Waals surface area contributed by atoms with Gasteiger partial charge >= 0.3 is 0 Å². The molecule has 2 heteroatoms. The molecule has 0 aliphatic heterocycles. The van der Waals surface area contributed by atoms with Crippen LogP contribution in [0.4, 0.5) is 28.4 Å². The summed E-state index contributed by atoms with van der Waals surface area (Å²) in [6.45, 7) is 2.05. The second-order valence-electron chi connectivity index (χ2n) is 16.2. The molecule has 0 heterocycles. The van der Waals surface area contributed by atoms with Gasteiger partial charge < -0.3 is 9.80 Å². The normalized spacial score (nSPS) is 20.6. The van der Waals surface area contributed by atoms with Crippen molar-refractivity contribution in [2.75, 3.05) is 9.80 Å². The second kappa shape index (κ2) is 14.5. The van der Waals surface area contributed by atoms with E-state index in [1.807, 2.05) is 6.07 Å². The number of hydrogen-bond acceptors (Lipinski definition) is 2. The van der Waals surface area contributed by atoms with E-state index in [-0.39, 0.29) is 23.3 Å². The van der Waals surface area contributed by atoms with Crippen molar-refractivity contribution in [3.05, 3.63) is 245 Å². The van der Waals surface area contributed by atoms with Crippen LogP contribution in [-0.4, -0.2) is 6.04 Å². The molecular formula is C58H44N2. The molecule has 0 fully saturated rings. The van der Waals surface area contributed by atoms with Gasteiger partial charge in [-0.05, 0) is 107 Å². The lowest BCUT2D eigenvalue weighted by atomic mass is 9.63. The molecular weight excluding hydrogens is 725 g/mol. The van der Waals surface area contributed by atoms with Gasteiger partial charge in [0.05, 0.1) is 17.1 Å². The summed E-state index contributed by atoms with van der Waals surface area (Å²) in [6.07, 6.45) is 25.6. The van der Waals surface area contributed by atoms with Crippen LogP contribution in [-0.2, 0) is 5.41 Å². The molecule has 0 saturated heterocycles. The van der Waals surface area contributed by atoms with Gasteiger partial charge in [0.25, 0.3) is 0 Å². The average molecular weight is 769 g/mol. The summed E-state index contributed by atoms with van der Waals surface area (Å²) in [5.41, 5.74) is 15.6. The highest BCUT2D eigenvalue weighted by molar-refractivity contribution is 5.98. The monoisotopic (exact) mass is 768 g/mol. The largest absolute Gasteiger partial charge is 0.334 e. The summed E-state index contributed by atoms with van der Waals surface area (Å²) in [4.78, 5) is 4.98. The van der Waals surface area contributed by atoms with Crippen LogP contribution in [0.3, 0.4) is 0 Å². The third kappa shape index (κ3) is 5.36. The number of para-hydroxylation sites is 2. The Balaban J connectivity index is 1.14. The van der Waals surface area contributed by atoms with Crippen LogP contribution in [0.2, 0.25) is 0 Å². The molecule has 1 spiro atoms. The highest BCUT2D eigenvalue weighted by Gasteiger charge is 2.58. The number of rotatable bonds is 7. The van der Waals surface area contributed by atoms with Gasteiger partial charge in [-0.3, -0.25) is 0 Å². The molecule has 7 aromatic carbocycles. The van der Waals surface area contributed by atoms with Crippen molar-refractivity contribution in [3.8, 4) is 12.3 Å². The molecule has 7 aromatic rings. The topological polar surface area (TPSA) is 6.48 Å². The SMILES string of the molecule is C#Cc1cccc(N(c2ccccc2)c2ccc3c(c2)C2(C4=C3C=CC(N(c3ccccc3)c3cccc5ccccc35)C4)c3ccccc3C3C=CC=CC32)c1/C=C\C. The van der Waals surface area contributed by atoms with Crippen molar-refractivity contribution in [2.24, 2.45) is 5.92 Å². The summed E-state index contributed by atoms with van der Waals surface area (Å²) in [5.74, 6) is 3.45. The van der Waals surface area contributed by atoms with E-state index < -0.39 is 0 Å². The fraction of sp³-hybridized carbons (Fsp3) is 0.103. The number of hydrogen-bond donors (Lipinski definition) is 0. The Kier molecular flexibility index (Phi) is 8.64. The molecule has 0 aromatic heterocycles. The smallest absolute Gasteiger partial charge is 0.0563 e. The van der Waals surface area contributed by atoms with Crippen molar-refractivity contribution < 1.29 is 0 Å². The number of fused-ring (bicyclic) bond motifs is 10. The zero-order valence-corrected chi connectivity index (χ0v) is 33.6.